The van der Waals surface area contributed by atoms with E-state index in [0.717, 1.165) is 11.5 Å². The second-order valence-electron chi connectivity index (χ2n) is 4.06. The lowest BCUT2D eigenvalue weighted by Gasteiger charge is -2.16. The lowest BCUT2D eigenvalue weighted by molar-refractivity contribution is 0.0697. The van der Waals surface area contributed by atoms with Gasteiger partial charge in [0.1, 0.15) is 10.6 Å². The fourth-order valence-corrected chi connectivity index (χ4v) is 2.53. The van der Waals surface area contributed by atoms with E-state index in [4.69, 9.17) is 5.73 Å². The van der Waals surface area contributed by atoms with Gasteiger partial charge >= 0.3 is 5.97 Å². The van der Waals surface area contributed by atoms with Crippen LogP contribution in [0, 0.1) is 6.92 Å². The Labute approximate surface area is 118 Å². The lowest BCUT2D eigenvalue weighted by atomic mass is 10.2. The highest BCUT2D eigenvalue weighted by atomic mass is 32.1. The molecule has 0 spiro atoms. The van der Waals surface area contributed by atoms with Crippen LogP contribution in [0.1, 0.15) is 26.5 Å². The van der Waals surface area contributed by atoms with Gasteiger partial charge in [0.05, 0.1) is 11.4 Å². The van der Waals surface area contributed by atoms with Crippen molar-refractivity contribution < 1.29 is 14.7 Å². The number of nitrogens with two attached hydrogens (primary N) is 1. The van der Waals surface area contributed by atoms with Gasteiger partial charge in [0.25, 0.3) is 5.91 Å². The highest BCUT2D eigenvalue weighted by Gasteiger charge is 2.26. The fourth-order valence-electron chi connectivity index (χ4n) is 1.68. The van der Waals surface area contributed by atoms with Crippen molar-refractivity contribution in [3.05, 3.63) is 35.3 Å². The lowest BCUT2D eigenvalue weighted by Crippen LogP contribution is -2.28. The van der Waals surface area contributed by atoms with Crippen LogP contribution in [0.4, 0.5) is 10.7 Å². The summed E-state index contributed by atoms with van der Waals surface area (Å²) in [6, 6.07) is 3.18. The smallest absolute Gasteiger partial charge is 0.340 e. The zero-order chi connectivity index (χ0) is 14.9. The van der Waals surface area contributed by atoms with Crippen molar-refractivity contribution in [2.45, 2.75) is 6.92 Å². The third-order valence-electron chi connectivity index (χ3n) is 2.71. The number of anilines is 2. The van der Waals surface area contributed by atoms with Crippen LogP contribution in [0.15, 0.2) is 18.3 Å². The molecule has 0 unspecified atom stereocenters. The molecule has 7 nitrogen and oxygen atoms in total. The summed E-state index contributed by atoms with van der Waals surface area (Å²) in [5, 5.41) is 9.43. The molecule has 0 aliphatic rings. The Kier molecular flexibility index (Phi) is 3.66. The molecular formula is C12H12N4O3S. The van der Waals surface area contributed by atoms with Gasteiger partial charge < -0.3 is 10.8 Å². The molecule has 2 rings (SSSR count). The van der Waals surface area contributed by atoms with Gasteiger partial charge in [0, 0.05) is 13.2 Å². The summed E-state index contributed by atoms with van der Waals surface area (Å²) in [4.78, 5) is 28.7. The first kappa shape index (κ1) is 13.9. The fraction of sp³-hybridized carbons (Fsp3) is 0.167. The van der Waals surface area contributed by atoms with Gasteiger partial charge in [-0.15, -0.1) is 0 Å². The minimum Gasteiger partial charge on any atom is -0.478 e. The quantitative estimate of drug-likeness (QED) is 0.885. The van der Waals surface area contributed by atoms with Crippen molar-refractivity contribution in [3.8, 4) is 0 Å². The number of aromatic nitrogens is 2. The first-order chi connectivity index (χ1) is 9.43. The maximum absolute atomic E-state index is 12.3. The molecule has 2 aromatic rings. The van der Waals surface area contributed by atoms with E-state index < -0.39 is 11.9 Å². The van der Waals surface area contributed by atoms with Crippen molar-refractivity contribution in [2.75, 3.05) is 17.7 Å². The summed E-state index contributed by atoms with van der Waals surface area (Å²) in [6.45, 7) is 1.58. The van der Waals surface area contributed by atoms with E-state index in [9.17, 15) is 14.7 Å². The molecule has 1 amide bonds. The van der Waals surface area contributed by atoms with Gasteiger partial charge in [-0.25, -0.2) is 9.78 Å². The Bertz CT molecular complexity index is 683. The van der Waals surface area contributed by atoms with E-state index in [1.165, 1.54) is 18.1 Å². The molecule has 2 aromatic heterocycles. The van der Waals surface area contributed by atoms with Crippen molar-refractivity contribution in [3.63, 3.8) is 0 Å². The number of pyridine rings is 1. The van der Waals surface area contributed by atoms with Crippen molar-refractivity contribution >= 4 is 34.1 Å². The number of carbonyl (C=O) groups is 2. The number of amides is 1. The summed E-state index contributed by atoms with van der Waals surface area (Å²) >= 11 is 0.947. The van der Waals surface area contributed by atoms with E-state index in [1.807, 2.05) is 0 Å². The van der Waals surface area contributed by atoms with Crippen LogP contribution in [0.2, 0.25) is 0 Å². The minimum absolute atomic E-state index is 0.0142. The van der Waals surface area contributed by atoms with Crippen LogP contribution in [-0.2, 0) is 0 Å². The van der Waals surface area contributed by atoms with Crippen molar-refractivity contribution in [1.29, 1.82) is 0 Å². The normalized spacial score (nSPS) is 10.3. The number of hydrogen-bond donors (Lipinski definition) is 2. The van der Waals surface area contributed by atoms with Gasteiger partial charge in [-0.2, -0.15) is 4.37 Å². The second-order valence-corrected chi connectivity index (χ2v) is 4.81. The van der Waals surface area contributed by atoms with Crippen LogP contribution < -0.4 is 10.6 Å². The molecule has 0 bridgehead atoms. The van der Waals surface area contributed by atoms with Gasteiger partial charge in [-0.1, -0.05) is 0 Å². The first-order valence-corrected chi connectivity index (χ1v) is 6.39. The van der Waals surface area contributed by atoms with Crippen molar-refractivity contribution in [2.24, 2.45) is 0 Å². The van der Waals surface area contributed by atoms with Crippen LogP contribution in [0.3, 0.4) is 0 Å². The Hall–Kier alpha value is -2.48. The van der Waals surface area contributed by atoms with Gasteiger partial charge in [-0.05, 0) is 30.6 Å². The second kappa shape index (κ2) is 5.25. The largest absolute Gasteiger partial charge is 0.478 e. The molecule has 20 heavy (non-hydrogen) atoms. The number of carbonyl (C=O) groups excluding carboxylic acids is 1. The molecular weight excluding hydrogens is 280 g/mol. The summed E-state index contributed by atoms with van der Waals surface area (Å²) < 4.78 is 3.97. The molecule has 0 saturated carbocycles. The van der Waals surface area contributed by atoms with Gasteiger partial charge in [0.15, 0.2) is 5.69 Å². The van der Waals surface area contributed by atoms with Crippen LogP contribution in [-0.4, -0.2) is 33.4 Å². The SMILES string of the molecule is Cc1nsc(N(C)C(=O)c2ncccc2N)c1C(=O)O. The summed E-state index contributed by atoms with van der Waals surface area (Å²) in [5.41, 5.74) is 6.40. The molecule has 104 valence electrons. The first-order valence-electron chi connectivity index (χ1n) is 5.61. The third kappa shape index (κ3) is 2.32. The number of aryl methyl sites for hydroxylation is 1. The number of hydrogen-bond acceptors (Lipinski definition) is 6. The van der Waals surface area contributed by atoms with Crippen molar-refractivity contribution in [1.82, 2.24) is 9.36 Å². The predicted octanol–water partition coefficient (Wildman–Crippen LogP) is 1.40. The molecule has 0 aliphatic carbocycles. The van der Waals surface area contributed by atoms with Crippen LogP contribution in [0.25, 0.3) is 0 Å². The van der Waals surface area contributed by atoms with E-state index in [2.05, 4.69) is 9.36 Å². The molecule has 0 radical (unpaired) electrons. The van der Waals surface area contributed by atoms with E-state index in [0.29, 0.717) is 5.69 Å². The zero-order valence-corrected chi connectivity index (χ0v) is 11.6. The number of carboxylic acids is 1. The third-order valence-corrected chi connectivity index (χ3v) is 3.73. The molecule has 0 saturated heterocycles. The highest BCUT2D eigenvalue weighted by molar-refractivity contribution is 7.11. The number of nitrogen functional groups attached to an aromatic ring is 1. The van der Waals surface area contributed by atoms with Crippen LogP contribution >= 0.6 is 11.5 Å². The molecule has 0 aromatic carbocycles. The van der Waals surface area contributed by atoms with Gasteiger partial charge in [0.2, 0.25) is 0 Å². The summed E-state index contributed by atoms with van der Waals surface area (Å²) in [6.07, 6.45) is 1.45. The number of rotatable bonds is 3. The Balaban J connectivity index is 2.42. The Morgan fingerprint density at radius 1 is 1.45 bits per heavy atom. The van der Waals surface area contributed by atoms with E-state index >= 15 is 0 Å². The predicted molar refractivity (Wildman–Crippen MR) is 75.2 cm³/mol. The van der Waals surface area contributed by atoms with Gasteiger partial charge in [-0.3, -0.25) is 9.69 Å². The standard InChI is InChI=1S/C12H12N4O3S/c1-6-8(12(18)19)11(20-15-6)16(2)10(17)9-7(13)4-3-5-14-9/h3-5H,13H2,1-2H3,(H,18,19). The summed E-state index contributed by atoms with van der Waals surface area (Å²) in [7, 11) is 1.47. The Morgan fingerprint density at radius 2 is 2.15 bits per heavy atom. The number of aromatic carboxylic acids is 1. The maximum atomic E-state index is 12.3. The number of carboxylic acid groups (broad SMARTS) is 1. The average Bonchev–Trinajstić information content (AvgIpc) is 2.79. The molecule has 0 aliphatic heterocycles. The molecule has 2 heterocycles. The number of nitrogens with zero attached hydrogens (tertiary/aromatic N) is 3. The Morgan fingerprint density at radius 3 is 2.75 bits per heavy atom. The zero-order valence-electron chi connectivity index (χ0n) is 10.8. The summed E-state index contributed by atoms with van der Waals surface area (Å²) in [5.74, 6) is -1.60. The average molecular weight is 292 g/mol. The molecule has 0 atom stereocenters. The van der Waals surface area contributed by atoms with E-state index in [-0.39, 0.29) is 21.9 Å². The highest BCUT2D eigenvalue weighted by Crippen LogP contribution is 2.29. The molecule has 8 heteroatoms. The minimum atomic E-state index is -1.13. The van der Waals surface area contributed by atoms with Crippen LogP contribution in [0.5, 0.6) is 0 Å². The molecule has 0 fully saturated rings. The van der Waals surface area contributed by atoms with E-state index in [1.54, 1.807) is 19.1 Å². The topological polar surface area (TPSA) is 109 Å². The molecule has 3 N–H and O–H groups in total. The maximum Gasteiger partial charge on any atom is 0.340 e. The monoisotopic (exact) mass is 292 g/mol.